The van der Waals surface area contributed by atoms with Gasteiger partial charge in [0.2, 0.25) is 5.78 Å². The number of rotatable bonds is 9. The molecule has 48 heavy (non-hydrogen) atoms. The molecule has 2 aliphatic rings. The van der Waals surface area contributed by atoms with Gasteiger partial charge in [0.15, 0.2) is 17.3 Å². The van der Waals surface area contributed by atoms with Crippen molar-refractivity contribution in [2.75, 3.05) is 19.8 Å². The molecule has 2 aliphatic heterocycles. The molecule has 1 aromatic carbocycles. The van der Waals surface area contributed by atoms with Crippen LogP contribution >= 0.6 is 0 Å². The standard InChI is InChI=1S/C35H39N7O6/c1-5-27-26(32(45)42-34(40(27)19-28(43)44)38-31(39-42)25-12-9-14-47-15-13-25)16-24-17-35(3,4)41(18-24)33(46)29-30(22(2)36-21-37-29)48-20-23-10-7-6-8-11-23/h6-8,10-12,16,21H,5,9,13-15,17-20H2,1-4H3,(H,43,44). The minimum Gasteiger partial charge on any atom is -0.485 e. The van der Waals surface area contributed by atoms with Crippen molar-refractivity contribution in [3.05, 3.63) is 92.7 Å². The van der Waals surface area contributed by atoms with Gasteiger partial charge in [0.05, 0.1) is 24.5 Å². The molecule has 0 saturated carbocycles. The Morgan fingerprint density at radius 3 is 2.69 bits per heavy atom. The van der Waals surface area contributed by atoms with Gasteiger partial charge in [-0.15, -0.1) is 5.10 Å². The summed E-state index contributed by atoms with van der Waals surface area (Å²) in [6.45, 7) is 8.78. The average molecular weight is 654 g/mol. The molecular weight excluding hydrogens is 614 g/mol. The van der Waals surface area contributed by atoms with Gasteiger partial charge in [-0.1, -0.05) is 43.3 Å². The van der Waals surface area contributed by atoms with Crippen LogP contribution < -0.4 is 10.3 Å². The van der Waals surface area contributed by atoms with E-state index >= 15 is 0 Å². The van der Waals surface area contributed by atoms with Gasteiger partial charge in [-0.25, -0.2) is 9.97 Å². The minimum absolute atomic E-state index is 0.167. The number of amides is 1. The van der Waals surface area contributed by atoms with E-state index in [0.717, 1.165) is 16.7 Å². The average Bonchev–Trinajstić information content (AvgIpc) is 3.51. The maximum atomic E-state index is 14.1. The summed E-state index contributed by atoms with van der Waals surface area (Å²) in [5.41, 5.74) is 3.20. The van der Waals surface area contributed by atoms with Crippen LogP contribution in [-0.2, 0) is 29.1 Å². The van der Waals surface area contributed by atoms with Crippen molar-refractivity contribution in [1.82, 2.24) is 34.0 Å². The zero-order chi connectivity index (χ0) is 34.0. The first kappa shape index (κ1) is 32.8. The molecule has 1 saturated heterocycles. The smallest absolute Gasteiger partial charge is 0.323 e. The summed E-state index contributed by atoms with van der Waals surface area (Å²) in [6.07, 6.45) is 7.29. The summed E-state index contributed by atoms with van der Waals surface area (Å²) < 4.78 is 14.4. The fourth-order valence-corrected chi connectivity index (χ4v) is 6.40. The number of ether oxygens (including phenoxy) is 2. The Bertz CT molecular complexity index is 1990. The number of aliphatic carboxylic acids is 1. The molecule has 0 unspecified atom stereocenters. The van der Waals surface area contributed by atoms with Crippen LogP contribution in [0.3, 0.4) is 0 Å². The van der Waals surface area contributed by atoms with Crippen molar-refractivity contribution in [3.63, 3.8) is 0 Å². The highest BCUT2D eigenvalue weighted by atomic mass is 16.5. The molecule has 6 rings (SSSR count). The second kappa shape index (κ2) is 13.5. The van der Waals surface area contributed by atoms with Crippen LogP contribution in [0.1, 0.15) is 78.9 Å². The first-order chi connectivity index (χ1) is 23.1. The Kier molecular flexibility index (Phi) is 9.22. The number of nitrogens with zero attached hydrogens (tertiary/aromatic N) is 7. The molecule has 0 radical (unpaired) electrons. The third-order valence-electron chi connectivity index (χ3n) is 8.73. The van der Waals surface area contributed by atoms with Crippen molar-refractivity contribution in [1.29, 1.82) is 0 Å². The zero-order valence-electron chi connectivity index (χ0n) is 27.6. The van der Waals surface area contributed by atoms with E-state index in [1.807, 2.05) is 57.2 Å². The van der Waals surface area contributed by atoms with E-state index in [9.17, 15) is 19.5 Å². The number of aryl methyl sites for hydroxylation is 1. The van der Waals surface area contributed by atoms with Gasteiger partial charge in [-0.2, -0.15) is 9.50 Å². The van der Waals surface area contributed by atoms with Crippen molar-refractivity contribution < 1.29 is 24.2 Å². The van der Waals surface area contributed by atoms with Gasteiger partial charge < -0.3 is 24.0 Å². The van der Waals surface area contributed by atoms with Crippen molar-refractivity contribution in [2.24, 2.45) is 0 Å². The molecule has 13 heteroatoms. The minimum atomic E-state index is -1.07. The van der Waals surface area contributed by atoms with E-state index < -0.39 is 23.6 Å². The molecule has 0 bridgehead atoms. The SMILES string of the molecule is CCc1c(C=C2CN(C(=O)c3ncnc(C)c3OCc3ccccc3)C(C)(C)C2)c(=O)n2nc(C3=CCCOCC3)nc2n1CC(=O)O. The molecule has 3 aromatic heterocycles. The number of carbonyl (C=O) groups excluding carboxylic acids is 1. The Morgan fingerprint density at radius 1 is 1.15 bits per heavy atom. The normalized spacial score (nSPS) is 17.0. The number of likely N-dealkylation sites (tertiary alicyclic amines) is 1. The Balaban J connectivity index is 1.37. The number of aromatic nitrogens is 6. The van der Waals surface area contributed by atoms with E-state index in [4.69, 9.17) is 9.47 Å². The van der Waals surface area contributed by atoms with Crippen molar-refractivity contribution in [2.45, 2.75) is 72.1 Å². The van der Waals surface area contributed by atoms with Crippen LogP contribution in [0.2, 0.25) is 0 Å². The molecule has 0 spiro atoms. The van der Waals surface area contributed by atoms with Gasteiger partial charge in [-0.05, 0) is 69.2 Å². The van der Waals surface area contributed by atoms with E-state index in [1.54, 1.807) is 22.5 Å². The molecule has 250 valence electrons. The molecule has 1 N–H and O–H groups in total. The van der Waals surface area contributed by atoms with Crippen LogP contribution in [0.5, 0.6) is 5.75 Å². The molecule has 5 heterocycles. The highest BCUT2D eigenvalue weighted by molar-refractivity contribution is 5.96. The summed E-state index contributed by atoms with van der Waals surface area (Å²) in [6, 6.07) is 9.65. The fourth-order valence-electron chi connectivity index (χ4n) is 6.40. The maximum absolute atomic E-state index is 14.1. The summed E-state index contributed by atoms with van der Waals surface area (Å²) in [7, 11) is 0. The number of benzene rings is 1. The lowest BCUT2D eigenvalue weighted by atomic mass is 9.98. The molecule has 13 nitrogen and oxygen atoms in total. The van der Waals surface area contributed by atoms with Gasteiger partial charge >= 0.3 is 5.97 Å². The number of fused-ring (bicyclic) bond motifs is 1. The van der Waals surface area contributed by atoms with Crippen LogP contribution in [-0.4, -0.2) is 76.3 Å². The molecule has 1 fully saturated rings. The van der Waals surface area contributed by atoms with Crippen LogP contribution in [0, 0.1) is 6.92 Å². The van der Waals surface area contributed by atoms with E-state index in [0.29, 0.717) is 67.4 Å². The van der Waals surface area contributed by atoms with Gasteiger partial charge in [-0.3, -0.25) is 14.4 Å². The van der Waals surface area contributed by atoms with Crippen molar-refractivity contribution >= 4 is 29.3 Å². The lowest BCUT2D eigenvalue weighted by Crippen LogP contribution is -2.43. The fraction of sp³-hybridized carbons (Fsp3) is 0.400. The van der Waals surface area contributed by atoms with Crippen molar-refractivity contribution in [3.8, 4) is 5.75 Å². The summed E-state index contributed by atoms with van der Waals surface area (Å²) in [5, 5.41) is 14.4. The first-order valence-electron chi connectivity index (χ1n) is 16.1. The van der Waals surface area contributed by atoms with E-state index in [1.165, 1.54) is 10.8 Å². The molecule has 0 aliphatic carbocycles. The maximum Gasteiger partial charge on any atom is 0.323 e. The molecule has 0 atom stereocenters. The molecule has 4 aromatic rings. The van der Waals surface area contributed by atoms with Crippen LogP contribution in [0.4, 0.5) is 0 Å². The summed E-state index contributed by atoms with van der Waals surface area (Å²) >= 11 is 0. The van der Waals surface area contributed by atoms with E-state index in [2.05, 4.69) is 20.1 Å². The number of hydrogen-bond donors (Lipinski definition) is 1. The monoisotopic (exact) mass is 653 g/mol. The molecular formula is C35H39N7O6. The van der Waals surface area contributed by atoms with Gasteiger partial charge in [0.25, 0.3) is 11.5 Å². The quantitative estimate of drug-likeness (QED) is 0.279. The second-order valence-corrected chi connectivity index (χ2v) is 12.6. The topological polar surface area (TPSA) is 154 Å². The largest absolute Gasteiger partial charge is 0.485 e. The first-order valence-corrected chi connectivity index (χ1v) is 16.1. The highest BCUT2D eigenvalue weighted by Gasteiger charge is 2.40. The predicted octanol–water partition coefficient (Wildman–Crippen LogP) is 4.12. The Labute approximate surface area is 277 Å². The Morgan fingerprint density at radius 2 is 1.94 bits per heavy atom. The number of carboxylic acid groups (broad SMARTS) is 1. The van der Waals surface area contributed by atoms with E-state index in [-0.39, 0.29) is 30.5 Å². The lowest BCUT2D eigenvalue weighted by molar-refractivity contribution is -0.137. The zero-order valence-corrected chi connectivity index (χ0v) is 27.6. The number of carbonyl (C=O) groups is 2. The van der Waals surface area contributed by atoms with Crippen LogP contribution in [0.25, 0.3) is 17.4 Å². The van der Waals surface area contributed by atoms with Crippen LogP contribution in [0.15, 0.2) is 53.1 Å². The highest BCUT2D eigenvalue weighted by Crippen LogP contribution is 2.36. The van der Waals surface area contributed by atoms with Gasteiger partial charge in [0.1, 0.15) is 19.5 Å². The van der Waals surface area contributed by atoms with Gasteiger partial charge in [0, 0.05) is 17.8 Å². The molecule has 1 amide bonds. The number of carboxylic acids is 1. The third-order valence-corrected chi connectivity index (χ3v) is 8.73. The summed E-state index contributed by atoms with van der Waals surface area (Å²) in [4.78, 5) is 55.2. The second-order valence-electron chi connectivity index (χ2n) is 12.6. The third kappa shape index (κ3) is 6.50. The number of hydrogen-bond acceptors (Lipinski definition) is 9. The summed E-state index contributed by atoms with van der Waals surface area (Å²) in [5.74, 6) is -0.495. The predicted molar refractivity (Wildman–Crippen MR) is 178 cm³/mol. The Hall–Kier alpha value is -5.17. The lowest BCUT2D eigenvalue weighted by Gasteiger charge is -2.31.